The van der Waals surface area contributed by atoms with E-state index in [-0.39, 0.29) is 11.1 Å². The van der Waals surface area contributed by atoms with Crippen molar-refractivity contribution >= 4 is 45.9 Å². The largest absolute Gasteiger partial charge is 0.478 e. The molecule has 0 aliphatic carbocycles. The van der Waals surface area contributed by atoms with Gasteiger partial charge in [0.1, 0.15) is 0 Å². The number of aromatic amines is 1. The SMILES string of the molecule is O=C(O)c1ccc2c(c1)N=C/C2=C(/c1ccc(C(F)(F)F)cc1)c1c[nH]c2cc(C(=O)O)ccc12. The maximum absolute atomic E-state index is 13.2. The first kappa shape index (κ1) is 22.1. The van der Waals surface area contributed by atoms with Crippen molar-refractivity contribution in [1.29, 1.82) is 0 Å². The summed E-state index contributed by atoms with van der Waals surface area (Å²) >= 11 is 0. The van der Waals surface area contributed by atoms with Gasteiger partial charge in [-0.1, -0.05) is 24.3 Å². The molecular formula is C26H15F3N2O4. The Hall–Kier alpha value is -4.66. The summed E-state index contributed by atoms with van der Waals surface area (Å²) in [6.07, 6.45) is -1.28. The van der Waals surface area contributed by atoms with Gasteiger partial charge < -0.3 is 15.2 Å². The number of carboxylic acids is 2. The zero-order valence-electron chi connectivity index (χ0n) is 17.7. The number of hydrogen-bond donors (Lipinski definition) is 3. The van der Waals surface area contributed by atoms with E-state index in [1.54, 1.807) is 24.5 Å². The highest BCUT2D eigenvalue weighted by Gasteiger charge is 2.30. The summed E-state index contributed by atoms with van der Waals surface area (Å²) < 4.78 is 39.5. The average molecular weight is 476 g/mol. The van der Waals surface area contributed by atoms with E-state index in [2.05, 4.69) is 9.98 Å². The van der Waals surface area contributed by atoms with Crippen molar-refractivity contribution in [2.45, 2.75) is 6.18 Å². The minimum atomic E-state index is -4.49. The second-order valence-electron chi connectivity index (χ2n) is 7.93. The Morgan fingerprint density at radius 3 is 2.11 bits per heavy atom. The molecule has 2 heterocycles. The van der Waals surface area contributed by atoms with Gasteiger partial charge in [-0.15, -0.1) is 0 Å². The van der Waals surface area contributed by atoms with Crippen molar-refractivity contribution in [2.75, 3.05) is 0 Å². The van der Waals surface area contributed by atoms with Crippen LogP contribution in [0.3, 0.4) is 0 Å². The third-order valence-electron chi connectivity index (χ3n) is 5.84. The van der Waals surface area contributed by atoms with Crippen LogP contribution in [0.2, 0.25) is 0 Å². The highest BCUT2D eigenvalue weighted by molar-refractivity contribution is 6.28. The number of halogens is 3. The van der Waals surface area contributed by atoms with Crippen molar-refractivity contribution in [3.05, 3.63) is 100 Å². The number of aromatic nitrogens is 1. The molecule has 0 fully saturated rings. The number of alkyl halides is 3. The second kappa shape index (κ2) is 7.98. The standard InChI is InChI=1S/C26H15F3N2O4/c27-26(28,29)16-5-1-13(2-6-16)23(19-11-30-21-9-14(24(32)33)3-7-17(19)21)20-12-31-22-10-15(25(34)35)4-8-18(20)22/h1-12,30H,(H,32,33)(H,34,35)/b23-20+. The number of nitrogens with one attached hydrogen (secondary N) is 1. The van der Waals surface area contributed by atoms with Gasteiger partial charge in [-0.25, -0.2) is 9.59 Å². The summed E-state index contributed by atoms with van der Waals surface area (Å²) in [5.74, 6) is -2.19. The minimum absolute atomic E-state index is 0.0616. The highest BCUT2D eigenvalue weighted by atomic mass is 19.4. The first-order chi connectivity index (χ1) is 16.6. The van der Waals surface area contributed by atoms with E-state index < -0.39 is 23.7 Å². The number of benzene rings is 3. The number of fused-ring (bicyclic) bond motifs is 2. The Kier molecular flexibility index (Phi) is 5.05. The fourth-order valence-electron chi connectivity index (χ4n) is 4.15. The molecule has 35 heavy (non-hydrogen) atoms. The number of H-pyrrole nitrogens is 1. The topological polar surface area (TPSA) is 103 Å². The number of carbonyl (C=O) groups is 2. The van der Waals surface area contributed by atoms with Gasteiger partial charge in [0.15, 0.2) is 0 Å². The fourth-order valence-corrected chi connectivity index (χ4v) is 4.15. The number of nitrogens with zero attached hydrogens (tertiary/aromatic N) is 1. The monoisotopic (exact) mass is 476 g/mol. The lowest BCUT2D eigenvalue weighted by Gasteiger charge is -2.14. The summed E-state index contributed by atoms with van der Waals surface area (Å²) in [6.45, 7) is 0. The van der Waals surface area contributed by atoms with Crippen molar-refractivity contribution in [3.8, 4) is 0 Å². The molecule has 1 aliphatic heterocycles. The third-order valence-corrected chi connectivity index (χ3v) is 5.84. The summed E-state index contributed by atoms with van der Waals surface area (Å²) in [5, 5.41) is 19.3. The van der Waals surface area contributed by atoms with Crippen LogP contribution in [0, 0.1) is 0 Å². The molecule has 5 rings (SSSR count). The molecule has 1 aliphatic rings. The number of aromatic carboxylic acids is 2. The number of rotatable bonds is 4. The van der Waals surface area contributed by atoms with Crippen LogP contribution in [0.5, 0.6) is 0 Å². The first-order valence-electron chi connectivity index (χ1n) is 10.3. The molecule has 0 radical (unpaired) electrons. The lowest BCUT2D eigenvalue weighted by atomic mass is 9.89. The summed E-state index contributed by atoms with van der Waals surface area (Å²) in [6, 6.07) is 13.8. The number of allylic oxidation sites excluding steroid dienone is 1. The maximum Gasteiger partial charge on any atom is 0.416 e. The molecule has 1 aromatic heterocycles. The van der Waals surface area contributed by atoms with Crippen LogP contribution < -0.4 is 0 Å². The van der Waals surface area contributed by atoms with E-state index in [1.807, 2.05) is 0 Å². The van der Waals surface area contributed by atoms with E-state index in [0.717, 1.165) is 12.1 Å². The minimum Gasteiger partial charge on any atom is -0.478 e. The van der Waals surface area contributed by atoms with E-state index in [9.17, 15) is 33.0 Å². The molecular weight excluding hydrogens is 461 g/mol. The zero-order chi connectivity index (χ0) is 24.9. The van der Waals surface area contributed by atoms with E-state index >= 15 is 0 Å². The van der Waals surface area contributed by atoms with Crippen LogP contribution in [-0.2, 0) is 6.18 Å². The molecule has 174 valence electrons. The van der Waals surface area contributed by atoms with Gasteiger partial charge >= 0.3 is 18.1 Å². The molecule has 0 unspecified atom stereocenters. The van der Waals surface area contributed by atoms with Gasteiger partial charge in [-0.05, 0) is 42.0 Å². The predicted octanol–water partition coefficient (Wildman–Crippen LogP) is 6.26. The van der Waals surface area contributed by atoms with Gasteiger partial charge in [0.25, 0.3) is 0 Å². The van der Waals surface area contributed by atoms with Crippen LogP contribution in [0.4, 0.5) is 18.9 Å². The summed E-state index contributed by atoms with van der Waals surface area (Å²) in [4.78, 5) is 30.1. The lowest BCUT2D eigenvalue weighted by Crippen LogP contribution is -2.04. The first-order valence-corrected chi connectivity index (χ1v) is 10.3. The second-order valence-corrected chi connectivity index (χ2v) is 7.93. The number of carboxylic acid groups (broad SMARTS) is 2. The Labute approximate surface area is 195 Å². The molecule has 0 saturated heterocycles. The van der Waals surface area contributed by atoms with E-state index in [4.69, 9.17) is 0 Å². The molecule has 0 spiro atoms. The van der Waals surface area contributed by atoms with Crippen LogP contribution in [0.1, 0.15) is 43.0 Å². The maximum atomic E-state index is 13.2. The molecule has 0 atom stereocenters. The van der Waals surface area contributed by atoms with Crippen molar-refractivity contribution in [2.24, 2.45) is 4.99 Å². The quantitative estimate of drug-likeness (QED) is 0.324. The Balaban J connectivity index is 1.75. The lowest BCUT2D eigenvalue weighted by molar-refractivity contribution is -0.137. The van der Waals surface area contributed by atoms with Crippen LogP contribution in [0.15, 0.2) is 71.9 Å². The van der Waals surface area contributed by atoms with Crippen molar-refractivity contribution < 1.29 is 33.0 Å². The molecule has 9 heteroatoms. The van der Waals surface area contributed by atoms with E-state index in [1.165, 1.54) is 36.4 Å². The molecule has 0 saturated carbocycles. The molecule has 4 aromatic rings. The summed E-state index contributed by atoms with van der Waals surface area (Å²) in [5.41, 5.74) is 3.24. The molecule has 6 nitrogen and oxygen atoms in total. The molecule has 3 aromatic carbocycles. The Morgan fingerprint density at radius 2 is 1.46 bits per heavy atom. The van der Waals surface area contributed by atoms with Gasteiger partial charge in [0.2, 0.25) is 0 Å². The van der Waals surface area contributed by atoms with Crippen LogP contribution in [0.25, 0.3) is 22.0 Å². The third kappa shape index (κ3) is 3.86. The molecule has 0 bridgehead atoms. The predicted molar refractivity (Wildman–Crippen MR) is 124 cm³/mol. The smallest absolute Gasteiger partial charge is 0.416 e. The van der Waals surface area contributed by atoms with Gasteiger partial charge in [0.05, 0.1) is 22.4 Å². The highest BCUT2D eigenvalue weighted by Crippen LogP contribution is 2.42. The van der Waals surface area contributed by atoms with Gasteiger partial charge in [-0.2, -0.15) is 13.2 Å². The van der Waals surface area contributed by atoms with Crippen molar-refractivity contribution in [1.82, 2.24) is 4.98 Å². The van der Waals surface area contributed by atoms with Gasteiger partial charge in [-0.3, -0.25) is 4.99 Å². The zero-order valence-corrected chi connectivity index (χ0v) is 17.7. The summed E-state index contributed by atoms with van der Waals surface area (Å²) in [7, 11) is 0. The normalized spacial score (nSPS) is 14.3. The fraction of sp³-hybridized carbons (Fsp3) is 0.0385. The van der Waals surface area contributed by atoms with Crippen LogP contribution >= 0.6 is 0 Å². The molecule has 0 amide bonds. The Morgan fingerprint density at radius 1 is 0.829 bits per heavy atom. The average Bonchev–Trinajstić information content (AvgIpc) is 3.43. The van der Waals surface area contributed by atoms with Gasteiger partial charge in [0, 0.05) is 45.6 Å². The van der Waals surface area contributed by atoms with Crippen molar-refractivity contribution in [3.63, 3.8) is 0 Å². The Bertz CT molecular complexity index is 1580. The number of aliphatic imine (C=N–C) groups is 1. The number of hydrogen-bond acceptors (Lipinski definition) is 3. The molecule has 3 N–H and O–H groups in total. The van der Waals surface area contributed by atoms with Crippen LogP contribution in [-0.4, -0.2) is 33.4 Å². The van der Waals surface area contributed by atoms with E-state index in [0.29, 0.717) is 44.4 Å².